The first-order valence-electron chi connectivity index (χ1n) is 20.6. The minimum Gasteiger partial charge on any atom is -0.480 e. The summed E-state index contributed by atoms with van der Waals surface area (Å²) in [6, 6.07) is -1.47. The van der Waals surface area contributed by atoms with Crippen molar-refractivity contribution in [3.8, 4) is 0 Å². The van der Waals surface area contributed by atoms with Crippen LogP contribution in [0.3, 0.4) is 0 Å². The molecule has 298 valence electrons. The zero-order valence-corrected chi connectivity index (χ0v) is 33.2. The van der Waals surface area contributed by atoms with Crippen LogP contribution in [-0.2, 0) is 32.7 Å². The standard InChI is InChI=1S/C39H78NO9P/c1-3-5-7-9-11-13-15-17-18-19-21-23-25-27-29-31-38(41)49-36(34-47-50(44,45)48-35-37(40)39(42)43)33-46-32-30-28-26-24-22-20-16-14-12-10-8-6-4-2/h36-37H,3-35,40H2,1-2H3,(H,42,43)(H,44,45). The molecule has 0 saturated heterocycles. The number of carbonyl (C=O) groups is 2. The second-order valence-electron chi connectivity index (χ2n) is 14.1. The molecule has 3 unspecified atom stereocenters. The highest BCUT2D eigenvalue weighted by atomic mass is 31.2. The molecule has 11 heteroatoms. The van der Waals surface area contributed by atoms with Crippen LogP contribution in [0, 0.1) is 0 Å². The van der Waals surface area contributed by atoms with Gasteiger partial charge in [-0.05, 0) is 12.8 Å². The number of ether oxygens (including phenoxy) is 2. The van der Waals surface area contributed by atoms with Crippen molar-refractivity contribution in [2.24, 2.45) is 5.73 Å². The predicted octanol–water partition coefficient (Wildman–Crippen LogP) is 10.8. The number of esters is 1. The van der Waals surface area contributed by atoms with E-state index in [4.69, 9.17) is 29.4 Å². The first-order valence-corrected chi connectivity index (χ1v) is 22.1. The lowest BCUT2D eigenvalue weighted by Crippen LogP contribution is -2.34. The Kier molecular flexibility index (Phi) is 35.6. The number of aliphatic carboxylic acids is 1. The average Bonchev–Trinajstić information content (AvgIpc) is 3.09. The number of rotatable bonds is 40. The SMILES string of the molecule is CCCCCCCCCCCCCCCCCC(=O)OC(COCCCCCCCCCCCCCCC)COP(=O)(O)OCC(N)C(=O)O. The molecule has 0 aliphatic rings. The van der Waals surface area contributed by atoms with E-state index in [0.717, 1.165) is 38.5 Å². The summed E-state index contributed by atoms with van der Waals surface area (Å²) < 4.78 is 33.3. The third-order valence-electron chi connectivity index (χ3n) is 9.14. The van der Waals surface area contributed by atoms with E-state index in [1.165, 1.54) is 141 Å². The van der Waals surface area contributed by atoms with Crippen LogP contribution in [0.4, 0.5) is 0 Å². The van der Waals surface area contributed by atoms with Gasteiger partial charge in [0.25, 0.3) is 0 Å². The molecule has 0 aliphatic carbocycles. The van der Waals surface area contributed by atoms with Gasteiger partial charge in [0.2, 0.25) is 0 Å². The van der Waals surface area contributed by atoms with Crippen LogP contribution in [0.15, 0.2) is 0 Å². The van der Waals surface area contributed by atoms with Gasteiger partial charge in [0.05, 0.1) is 19.8 Å². The molecular formula is C39H78NO9P. The number of carboxylic acids is 1. The van der Waals surface area contributed by atoms with Gasteiger partial charge in [-0.15, -0.1) is 0 Å². The molecule has 0 amide bonds. The number of hydrogen-bond acceptors (Lipinski definition) is 8. The molecule has 0 aromatic rings. The van der Waals surface area contributed by atoms with Crippen LogP contribution in [0.25, 0.3) is 0 Å². The van der Waals surface area contributed by atoms with Gasteiger partial charge in [0.15, 0.2) is 0 Å². The monoisotopic (exact) mass is 736 g/mol. The Balaban J connectivity index is 4.23. The second kappa shape index (κ2) is 36.3. The van der Waals surface area contributed by atoms with Crippen LogP contribution in [0.5, 0.6) is 0 Å². The highest BCUT2D eigenvalue weighted by Gasteiger charge is 2.27. The van der Waals surface area contributed by atoms with Crippen molar-refractivity contribution < 1.29 is 42.7 Å². The lowest BCUT2D eigenvalue weighted by molar-refractivity contribution is -0.154. The second-order valence-corrected chi connectivity index (χ2v) is 15.6. The minimum absolute atomic E-state index is 0.0253. The van der Waals surface area contributed by atoms with Crippen LogP contribution in [0.2, 0.25) is 0 Å². The van der Waals surface area contributed by atoms with Crippen molar-refractivity contribution in [3.63, 3.8) is 0 Å². The van der Waals surface area contributed by atoms with E-state index >= 15 is 0 Å². The zero-order valence-electron chi connectivity index (χ0n) is 32.3. The summed E-state index contributed by atoms with van der Waals surface area (Å²) in [5, 5.41) is 8.87. The third kappa shape index (κ3) is 35.4. The average molecular weight is 736 g/mol. The van der Waals surface area contributed by atoms with Crippen molar-refractivity contribution in [3.05, 3.63) is 0 Å². The molecule has 0 aromatic heterocycles. The Morgan fingerprint density at radius 3 is 1.32 bits per heavy atom. The summed E-state index contributed by atoms with van der Waals surface area (Å²) in [4.78, 5) is 33.4. The molecule has 4 N–H and O–H groups in total. The smallest absolute Gasteiger partial charge is 0.472 e. The van der Waals surface area contributed by atoms with E-state index in [1.807, 2.05) is 0 Å². The molecule has 0 fully saturated rings. The fourth-order valence-corrected chi connectivity index (χ4v) is 6.68. The van der Waals surface area contributed by atoms with Crippen molar-refractivity contribution in [2.75, 3.05) is 26.4 Å². The fourth-order valence-electron chi connectivity index (χ4n) is 5.90. The Morgan fingerprint density at radius 2 is 0.920 bits per heavy atom. The Labute approximate surface area is 306 Å². The van der Waals surface area contributed by atoms with E-state index < -0.39 is 45.1 Å². The van der Waals surface area contributed by atoms with E-state index in [0.29, 0.717) is 6.61 Å². The predicted molar refractivity (Wildman–Crippen MR) is 203 cm³/mol. The Morgan fingerprint density at radius 1 is 0.560 bits per heavy atom. The van der Waals surface area contributed by atoms with Crippen LogP contribution < -0.4 is 5.73 Å². The van der Waals surface area contributed by atoms with Crippen molar-refractivity contribution in [1.29, 1.82) is 0 Å². The summed E-state index contributed by atoms with van der Waals surface area (Å²) in [5.74, 6) is -1.77. The highest BCUT2D eigenvalue weighted by Crippen LogP contribution is 2.43. The first-order chi connectivity index (χ1) is 24.2. The van der Waals surface area contributed by atoms with Crippen LogP contribution in [-0.4, -0.2) is 60.5 Å². The van der Waals surface area contributed by atoms with Gasteiger partial charge in [-0.25, -0.2) is 4.57 Å². The molecule has 0 aliphatic heterocycles. The van der Waals surface area contributed by atoms with Gasteiger partial charge in [-0.1, -0.05) is 181 Å². The summed E-state index contributed by atoms with van der Waals surface area (Å²) in [6.07, 6.45) is 34.3. The Hall–Kier alpha value is -1.03. The molecule has 0 heterocycles. The molecular weight excluding hydrogens is 657 g/mol. The maximum atomic E-state index is 12.6. The number of phosphoric ester groups is 1. The molecule has 0 saturated carbocycles. The minimum atomic E-state index is -4.60. The third-order valence-corrected chi connectivity index (χ3v) is 10.1. The molecule has 0 rings (SSSR count). The molecule has 3 atom stereocenters. The number of phosphoric acid groups is 1. The number of nitrogens with two attached hydrogens (primary N) is 1. The lowest BCUT2D eigenvalue weighted by Gasteiger charge is -2.20. The van der Waals surface area contributed by atoms with Gasteiger partial charge in [-0.3, -0.25) is 18.6 Å². The number of carboxylic acid groups (broad SMARTS) is 1. The first kappa shape index (κ1) is 49.0. The number of unbranched alkanes of at least 4 members (excludes halogenated alkanes) is 26. The fraction of sp³-hybridized carbons (Fsp3) is 0.949. The Bertz CT molecular complexity index is 816. The summed E-state index contributed by atoms with van der Waals surface area (Å²) in [5.41, 5.74) is 5.34. The normalized spacial score (nSPS) is 14.0. The molecule has 0 radical (unpaired) electrons. The van der Waals surface area contributed by atoms with Gasteiger partial charge < -0.3 is 25.2 Å². The van der Waals surface area contributed by atoms with Gasteiger partial charge in [0.1, 0.15) is 12.1 Å². The van der Waals surface area contributed by atoms with Gasteiger partial charge in [-0.2, -0.15) is 0 Å². The highest BCUT2D eigenvalue weighted by molar-refractivity contribution is 7.47. The van der Waals surface area contributed by atoms with E-state index in [2.05, 4.69) is 13.8 Å². The summed E-state index contributed by atoms with van der Waals surface area (Å²) in [7, 11) is -4.60. The maximum Gasteiger partial charge on any atom is 0.472 e. The summed E-state index contributed by atoms with van der Waals surface area (Å²) >= 11 is 0. The van der Waals surface area contributed by atoms with Crippen molar-refractivity contribution in [2.45, 2.75) is 212 Å². The lowest BCUT2D eigenvalue weighted by atomic mass is 10.0. The molecule has 10 nitrogen and oxygen atoms in total. The molecule has 0 aromatic carbocycles. The van der Waals surface area contributed by atoms with Gasteiger partial charge in [0, 0.05) is 13.0 Å². The molecule has 0 bridgehead atoms. The topological polar surface area (TPSA) is 155 Å². The van der Waals surface area contributed by atoms with E-state index in [-0.39, 0.29) is 13.0 Å². The molecule has 0 spiro atoms. The van der Waals surface area contributed by atoms with Crippen molar-refractivity contribution >= 4 is 19.8 Å². The van der Waals surface area contributed by atoms with E-state index in [1.54, 1.807) is 0 Å². The number of carbonyl (C=O) groups excluding carboxylic acids is 1. The largest absolute Gasteiger partial charge is 0.480 e. The summed E-state index contributed by atoms with van der Waals surface area (Å²) in [6.45, 7) is 3.91. The van der Waals surface area contributed by atoms with E-state index in [9.17, 15) is 19.0 Å². The van der Waals surface area contributed by atoms with Crippen LogP contribution >= 0.6 is 7.82 Å². The zero-order chi connectivity index (χ0) is 37.0. The van der Waals surface area contributed by atoms with Crippen LogP contribution in [0.1, 0.15) is 200 Å². The van der Waals surface area contributed by atoms with Gasteiger partial charge >= 0.3 is 19.8 Å². The molecule has 50 heavy (non-hydrogen) atoms. The maximum absolute atomic E-state index is 12.6. The van der Waals surface area contributed by atoms with Crippen molar-refractivity contribution in [1.82, 2.24) is 0 Å². The number of hydrogen-bond donors (Lipinski definition) is 3. The quantitative estimate of drug-likeness (QED) is 0.0314.